The molecule has 1 saturated heterocycles. The second-order valence-corrected chi connectivity index (χ2v) is 8.15. The highest BCUT2D eigenvalue weighted by atomic mass is 16.7. The Hall–Kier alpha value is -2.57. The zero-order valence-electron chi connectivity index (χ0n) is 19.0. The van der Waals surface area contributed by atoms with Crippen molar-refractivity contribution in [3.63, 3.8) is 0 Å². The van der Waals surface area contributed by atoms with E-state index in [1.54, 1.807) is 44.3 Å². The fraction of sp³-hybridized carbons (Fsp3) is 0.458. The van der Waals surface area contributed by atoms with E-state index >= 15 is 0 Å². The van der Waals surface area contributed by atoms with Crippen LogP contribution < -0.4 is 10.1 Å². The number of benzene rings is 2. The molecule has 1 amide bonds. The third-order valence-corrected chi connectivity index (χ3v) is 5.77. The molecule has 2 aromatic rings. The lowest BCUT2D eigenvalue weighted by atomic mass is 9.87. The summed E-state index contributed by atoms with van der Waals surface area (Å²) in [4.78, 5) is 11.9. The zero-order valence-corrected chi connectivity index (χ0v) is 19.0. The van der Waals surface area contributed by atoms with Gasteiger partial charge in [-0.3, -0.25) is 4.79 Å². The number of carbonyl (C=O) groups excluding carboxylic acids is 1. The Morgan fingerprint density at radius 1 is 1.15 bits per heavy atom. The highest BCUT2D eigenvalue weighted by Gasteiger charge is 2.56. The topological polar surface area (TPSA) is 158 Å². The normalized spacial score (nSPS) is 26.8. The second-order valence-electron chi connectivity index (χ2n) is 8.15. The molecule has 34 heavy (non-hydrogen) atoms. The lowest BCUT2D eigenvalue weighted by Crippen LogP contribution is -2.69. The number of aryl methyl sites for hydroxylation is 1. The first-order chi connectivity index (χ1) is 16.2. The average Bonchev–Trinajstić information content (AvgIpc) is 2.85. The van der Waals surface area contributed by atoms with Crippen LogP contribution in [0.5, 0.6) is 5.75 Å². The maximum absolute atomic E-state index is 11.9. The van der Waals surface area contributed by atoms with Crippen LogP contribution in [0, 0.1) is 6.92 Å². The number of rotatable bonds is 9. The van der Waals surface area contributed by atoms with Crippen molar-refractivity contribution >= 4 is 5.91 Å². The van der Waals surface area contributed by atoms with Gasteiger partial charge in [0.15, 0.2) is 5.60 Å². The van der Waals surface area contributed by atoms with Crippen molar-refractivity contribution in [2.45, 2.75) is 37.1 Å². The van der Waals surface area contributed by atoms with Crippen LogP contribution in [0.2, 0.25) is 0 Å². The Morgan fingerprint density at radius 3 is 2.53 bits per heavy atom. The summed E-state index contributed by atoms with van der Waals surface area (Å²) in [5, 5.41) is 53.0. The van der Waals surface area contributed by atoms with Gasteiger partial charge in [0.1, 0.15) is 24.1 Å². The number of aliphatic hydroxyl groups excluding tert-OH is 4. The quantitative estimate of drug-likeness (QED) is 0.264. The number of ether oxygens (including phenoxy) is 3. The van der Waals surface area contributed by atoms with Gasteiger partial charge >= 0.3 is 0 Å². The Balaban J connectivity index is 1.87. The van der Waals surface area contributed by atoms with Gasteiger partial charge in [0.25, 0.3) is 5.91 Å². The molecule has 3 rings (SSSR count). The van der Waals surface area contributed by atoms with E-state index in [4.69, 9.17) is 19.3 Å². The van der Waals surface area contributed by atoms with E-state index in [9.17, 15) is 25.2 Å². The van der Waals surface area contributed by atoms with Gasteiger partial charge in [0.2, 0.25) is 6.29 Å². The minimum atomic E-state index is -2.17. The van der Waals surface area contributed by atoms with Crippen molar-refractivity contribution in [2.75, 3.05) is 33.5 Å². The Labute approximate surface area is 197 Å². The summed E-state index contributed by atoms with van der Waals surface area (Å²) in [6.07, 6.45) is -5.99. The van der Waals surface area contributed by atoms with Crippen LogP contribution in [0.4, 0.5) is 0 Å². The predicted octanol–water partition coefficient (Wildman–Crippen LogP) is -0.421. The fourth-order valence-electron chi connectivity index (χ4n) is 3.79. The summed E-state index contributed by atoms with van der Waals surface area (Å²) >= 11 is 0. The maximum atomic E-state index is 11.9. The van der Waals surface area contributed by atoms with Gasteiger partial charge in [0.05, 0.1) is 26.4 Å². The molecule has 6 N–H and O–H groups in total. The molecule has 0 aliphatic carbocycles. The largest absolute Gasteiger partial charge is 0.461 e. The molecule has 2 aromatic carbocycles. The summed E-state index contributed by atoms with van der Waals surface area (Å²) in [6, 6.07) is 12.4. The van der Waals surface area contributed by atoms with Gasteiger partial charge < -0.3 is 45.1 Å². The molecule has 0 bridgehead atoms. The van der Waals surface area contributed by atoms with Crippen molar-refractivity contribution in [1.82, 2.24) is 5.32 Å². The predicted molar refractivity (Wildman–Crippen MR) is 121 cm³/mol. The summed E-state index contributed by atoms with van der Waals surface area (Å²) < 4.78 is 16.7. The second kappa shape index (κ2) is 11.2. The first-order valence-corrected chi connectivity index (χ1v) is 10.9. The molecule has 1 heterocycles. The van der Waals surface area contributed by atoms with E-state index < -0.39 is 43.4 Å². The molecule has 1 aliphatic rings. The Bertz CT molecular complexity index is 985. The smallest absolute Gasteiger partial charge is 0.251 e. The van der Waals surface area contributed by atoms with Crippen LogP contribution in [0.15, 0.2) is 42.5 Å². The van der Waals surface area contributed by atoms with Crippen molar-refractivity contribution in [3.8, 4) is 16.9 Å². The van der Waals surface area contributed by atoms with Gasteiger partial charge in [-0.25, -0.2) is 0 Å². The number of hydrogen-bond donors (Lipinski definition) is 6. The first kappa shape index (κ1) is 26.0. The third-order valence-electron chi connectivity index (χ3n) is 5.77. The fourth-order valence-corrected chi connectivity index (χ4v) is 3.79. The van der Waals surface area contributed by atoms with Gasteiger partial charge in [-0.1, -0.05) is 18.2 Å². The Morgan fingerprint density at radius 2 is 1.88 bits per heavy atom. The number of hydrogen-bond acceptors (Lipinski definition) is 9. The van der Waals surface area contributed by atoms with Crippen LogP contribution in [0.3, 0.4) is 0 Å². The number of aliphatic hydroxyl groups is 5. The van der Waals surface area contributed by atoms with E-state index in [-0.39, 0.29) is 19.1 Å². The van der Waals surface area contributed by atoms with E-state index in [2.05, 4.69) is 5.32 Å². The highest BCUT2D eigenvalue weighted by molar-refractivity contribution is 5.95. The van der Waals surface area contributed by atoms with E-state index in [0.29, 0.717) is 16.9 Å². The van der Waals surface area contributed by atoms with E-state index in [1.807, 2.05) is 12.1 Å². The number of carbonyl (C=O) groups is 1. The van der Waals surface area contributed by atoms with Crippen molar-refractivity contribution in [3.05, 3.63) is 53.6 Å². The molecule has 0 unspecified atom stereocenters. The molecule has 0 spiro atoms. The molecule has 1 aliphatic heterocycles. The van der Waals surface area contributed by atoms with Gasteiger partial charge in [-0.05, 0) is 47.9 Å². The Kier molecular flexibility index (Phi) is 8.61. The number of nitrogens with one attached hydrogen (secondary N) is 1. The number of amides is 1. The molecule has 0 saturated carbocycles. The molecular weight excluding hydrogens is 446 g/mol. The molecule has 1 fully saturated rings. The summed E-state index contributed by atoms with van der Waals surface area (Å²) in [5.41, 5.74) is 0.658. The van der Waals surface area contributed by atoms with Gasteiger partial charge in [-0.2, -0.15) is 0 Å². The standard InChI is InChI=1S/C24H31NO9/c1-14-10-16(15-4-3-5-17(11-15)22(30)25-2)6-7-18(14)33-23-24(31,13-32-9-8-26)21(29)20(28)19(12-27)34-23/h3-7,10-11,19-21,23,26-29,31H,8-9,12-13H2,1-2H3,(H,25,30)/t19-,20-,21+,23+,24-/m1/s1. The van der Waals surface area contributed by atoms with Crippen LogP contribution >= 0.6 is 0 Å². The third kappa shape index (κ3) is 5.39. The van der Waals surface area contributed by atoms with Gasteiger partial charge in [0, 0.05) is 12.6 Å². The van der Waals surface area contributed by atoms with Crippen LogP contribution in [-0.2, 0) is 9.47 Å². The lowest BCUT2D eigenvalue weighted by Gasteiger charge is -2.47. The lowest BCUT2D eigenvalue weighted by molar-refractivity contribution is -0.330. The SMILES string of the molecule is CNC(=O)c1cccc(-c2ccc(O[C@H]3O[C@H](CO)[C@@H](O)[C@H](O)[C@]3(O)COCCO)c(C)c2)c1. The summed E-state index contributed by atoms with van der Waals surface area (Å²) in [5.74, 6) is 0.131. The minimum absolute atomic E-state index is 0.107. The zero-order chi connectivity index (χ0) is 24.9. The van der Waals surface area contributed by atoms with Crippen molar-refractivity contribution < 1.29 is 44.5 Å². The molecular formula is C24H31NO9. The minimum Gasteiger partial charge on any atom is -0.461 e. The maximum Gasteiger partial charge on any atom is 0.251 e. The van der Waals surface area contributed by atoms with Crippen LogP contribution in [0.1, 0.15) is 15.9 Å². The monoisotopic (exact) mass is 477 g/mol. The van der Waals surface area contributed by atoms with Crippen molar-refractivity contribution in [2.24, 2.45) is 0 Å². The molecule has 5 atom stereocenters. The van der Waals surface area contributed by atoms with E-state index in [0.717, 1.165) is 11.1 Å². The average molecular weight is 478 g/mol. The van der Waals surface area contributed by atoms with Crippen LogP contribution in [-0.4, -0.2) is 95.1 Å². The molecule has 0 radical (unpaired) electrons. The first-order valence-electron chi connectivity index (χ1n) is 10.9. The van der Waals surface area contributed by atoms with Crippen LogP contribution in [0.25, 0.3) is 11.1 Å². The molecule has 10 nitrogen and oxygen atoms in total. The summed E-state index contributed by atoms with van der Waals surface area (Å²) in [7, 11) is 1.56. The molecule has 186 valence electrons. The van der Waals surface area contributed by atoms with E-state index in [1.165, 1.54) is 0 Å². The van der Waals surface area contributed by atoms with Gasteiger partial charge in [-0.15, -0.1) is 0 Å². The molecule has 0 aromatic heterocycles. The molecule has 10 heteroatoms. The highest BCUT2D eigenvalue weighted by Crippen LogP contribution is 2.34. The van der Waals surface area contributed by atoms with Crippen molar-refractivity contribution in [1.29, 1.82) is 0 Å². The summed E-state index contributed by atoms with van der Waals surface area (Å²) in [6.45, 7) is 0.274.